The van der Waals surface area contributed by atoms with Gasteiger partial charge in [0.1, 0.15) is 6.54 Å². The van der Waals surface area contributed by atoms with E-state index in [2.05, 4.69) is 0 Å². The van der Waals surface area contributed by atoms with Crippen LogP contribution in [0.2, 0.25) is 0 Å². The fraction of sp³-hybridized carbons (Fsp3) is 0.833. The van der Waals surface area contributed by atoms with Crippen LogP contribution in [-0.4, -0.2) is 65.3 Å². The van der Waals surface area contributed by atoms with Crippen molar-refractivity contribution in [2.75, 3.05) is 26.2 Å². The summed E-state index contributed by atoms with van der Waals surface area (Å²) in [5, 5.41) is 8.87. The van der Waals surface area contributed by atoms with Crippen LogP contribution in [0.25, 0.3) is 0 Å². The Hall–Kier alpha value is -1.30. The summed E-state index contributed by atoms with van der Waals surface area (Å²) in [5.41, 5.74) is 0. The number of hydrogen-bond acceptors (Lipinski definition) is 3. The van der Waals surface area contributed by atoms with Crippen molar-refractivity contribution in [3.05, 3.63) is 0 Å². The predicted octanol–water partition coefficient (Wildman–Crippen LogP) is 0.766. The monoisotopic (exact) mass is 256 g/mol. The number of ether oxygens (including phenoxy) is 1. The van der Waals surface area contributed by atoms with Gasteiger partial charge in [-0.25, -0.2) is 4.79 Å². The minimum absolute atomic E-state index is 0.0774. The molecule has 0 aromatic carbocycles. The quantitative estimate of drug-likeness (QED) is 0.806. The van der Waals surface area contributed by atoms with E-state index in [1.165, 1.54) is 4.90 Å². The number of carbonyl (C=O) groups excluding carboxylic acids is 1. The fourth-order valence-electron chi connectivity index (χ4n) is 2.21. The van der Waals surface area contributed by atoms with Gasteiger partial charge in [-0.3, -0.25) is 4.79 Å². The van der Waals surface area contributed by atoms with E-state index < -0.39 is 5.97 Å². The molecule has 2 amide bonds. The van der Waals surface area contributed by atoms with Crippen molar-refractivity contribution in [1.29, 1.82) is 0 Å². The zero-order chi connectivity index (χ0) is 13.1. The van der Waals surface area contributed by atoms with Crippen molar-refractivity contribution in [3.8, 4) is 0 Å². The lowest BCUT2D eigenvalue weighted by atomic mass is 10.2. The maximum atomic E-state index is 12.3. The van der Waals surface area contributed by atoms with Gasteiger partial charge in [-0.15, -0.1) is 0 Å². The molecule has 0 spiro atoms. The summed E-state index contributed by atoms with van der Waals surface area (Å²) >= 11 is 0. The third kappa shape index (κ3) is 3.13. The number of aliphatic carboxylic acids is 1. The molecule has 2 fully saturated rings. The summed E-state index contributed by atoms with van der Waals surface area (Å²) < 4.78 is 5.52. The molecule has 18 heavy (non-hydrogen) atoms. The van der Waals surface area contributed by atoms with Gasteiger partial charge in [0.05, 0.1) is 12.7 Å². The summed E-state index contributed by atoms with van der Waals surface area (Å²) in [5.74, 6) is -0.949. The van der Waals surface area contributed by atoms with E-state index in [-0.39, 0.29) is 24.7 Å². The lowest BCUT2D eigenvalue weighted by Crippen LogP contribution is -2.52. The summed E-state index contributed by atoms with van der Waals surface area (Å²) in [6, 6.07) is -0.0295. The van der Waals surface area contributed by atoms with Gasteiger partial charge >= 0.3 is 12.0 Å². The Labute approximate surface area is 106 Å². The Kier molecular flexibility index (Phi) is 4.06. The minimum Gasteiger partial charge on any atom is -0.480 e. The van der Waals surface area contributed by atoms with Crippen LogP contribution in [0.15, 0.2) is 0 Å². The molecule has 1 saturated carbocycles. The number of carbonyl (C=O) groups is 2. The van der Waals surface area contributed by atoms with E-state index in [0.717, 1.165) is 19.3 Å². The lowest BCUT2D eigenvalue weighted by Gasteiger charge is -2.35. The number of urea groups is 1. The van der Waals surface area contributed by atoms with Crippen molar-refractivity contribution < 1.29 is 19.4 Å². The number of morpholine rings is 1. The van der Waals surface area contributed by atoms with Crippen molar-refractivity contribution >= 4 is 12.0 Å². The number of carboxylic acids is 1. The second-order valence-electron chi connectivity index (χ2n) is 4.88. The van der Waals surface area contributed by atoms with Crippen LogP contribution in [0.3, 0.4) is 0 Å². The second-order valence-corrected chi connectivity index (χ2v) is 4.88. The minimum atomic E-state index is -0.949. The number of carboxylic acid groups (broad SMARTS) is 1. The van der Waals surface area contributed by atoms with Gasteiger partial charge in [-0.1, -0.05) is 6.92 Å². The first-order valence-corrected chi connectivity index (χ1v) is 6.50. The Morgan fingerprint density at radius 2 is 2.17 bits per heavy atom. The van der Waals surface area contributed by atoms with Crippen LogP contribution in [0.5, 0.6) is 0 Å². The van der Waals surface area contributed by atoms with Gasteiger partial charge in [0.2, 0.25) is 0 Å². The van der Waals surface area contributed by atoms with Crippen LogP contribution >= 0.6 is 0 Å². The van der Waals surface area contributed by atoms with Crippen LogP contribution in [-0.2, 0) is 9.53 Å². The average Bonchev–Trinajstić information content (AvgIpc) is 3.19. The third-order valence-electron chi connectivity index (χ3n) is 3.40. The van der Waals surface area contributed by atoms with E-state index in [9.17, 15) is 9.59 Å². The number of rotatable bonds is 4. The van der Waals surface area contributed by atoms with Crippen molar-refractivity contribution in [2.24, 2.45) is 0 Å². The number of nitrogens with zero attached hydrogens (tertiary/aromatic N) is 2. The Balaban J connectivity index is 1.96. The molecule has 1 atom stereocenters. The Bertz CT molecular complexity index is 330. The SMILES string of the molecule is CCC1CN(C(=O)N(CC(=O)O)C2CC2)CCO1. The molecule has 1 aliphatic carbocycles. The predicted molar refractivity (Wildman–Crippen MR) is 64.4 cm³/mol. The maximum absolute atomic E-state index is 12.3. The fourth-order valence-corrected chi connectivity index (χ4v) is 2.21. The largest absolute Gasteiger partial charge is 0.480 e. The van der Waals surface area contributed by atoms with Gasteiger partial charge in [-0.05, 0) is 19.3 Å². The zero-order valence-corrected chi connectivity index (χ0v) is 10.7. The molecule has 102 valence electrons. The summed E-state index contributed by atoms with van der Waals surface area (Å²) in [6.07, 6.45) is 2.78. The average molecular weight is 256 g/mol. The molecular formula is C12H20N2O4. The molecule has 0 aromatic rings. The molecule has 1 aliphatic heterocycles. The number of hydrogen-bond donors (Lipinski definition) is 1. The normalized spacial score (nSPS) is 23.8. The maximum Gasteiger partial charge on any atom is 0.323 e. The van der Waals surface area contributed by atoms with Gasteiger partial charge < -0.3 is 19.6 Å². The highest BCUT2D eigenvalue weighted by molar-refractivity contribution is 5.81. The topological polar surface area (TPSA) is 70.1 Å². The molecule has 0 aromatic heterocycles. The molecule has 1 unspecified atom stereocenters. The smallest absolute Gasteiger partial charge is 0.323 e. The first-order valence-electron chi connectivity index (χ1n) is 6.50. The first kappa shape index (κ1) is 13.1. The summed E-state index contributed by atoms with van der Waals surface area (Å²) in [4.78, 5) is 26.3. The van der Waals surface area contributed by atoms with Gasteiger partial charge in [0, 0.05) is 19.1 Å². The Morgan fingerprint density at radius 3 is 2.72 bits per heavy atom. The van der Waals surface area contributed by atoms with E-state index in [0.29, 0.717) is 19.7 Å². The lowest BCUT2D eigenvalue weighted by molar-refractivity contribution is -0.138. The van der Waals surface area contributed by atoms with Crippen molar-refractivity contribution in [1.82, 2.24) is 9.80 Å². The molecule has 2 rings (SSSR count). The molecule has 1 heterocycles. The van der Waals surface area contributed by atoms with E-state index >= 15 is 0 Å². The van der Waals surface area contributed by atoms with Crippen molar-refractivity contribution in [3.63, 3.8) is 0 Å². The second kappa shape index (κ2) is 5.56. The molecule has 2 aliphatic rings. The molecule has 1 N–H and O–H groups in total. The van der Waals surface area contributed by atoms with Crippen LogP contribution in [0.4, 0.5) is 4.79 Å². The number of amides is 2. The molecule has 6 nitrogen and oxygen atoms in total. The van der Waals surface area contributed by atoms with Crippen LogP contribution < -0.4 is 0 Å². The first-order chi connectivity index (χ1) is 8.61. The highest BCUT2D eigenvalue weighted by Crippen LogP contribution is 2.28. The van der Waals surface area contributed by atoms with E-state index in [1.54, 1.807) is 4.90 Å². The highest BCUT2D eigenvalue weighted by Gasteiger charge is 2.37. The highest BCUT2D eigenvalue weighted by atomic mass is 16.5. The van der Waals surface area contributed by atoms with Crippen molar-refractivity contribution in [2.45, 2.75) is 38.3 Å². The standard InChI is InChI=1S/C12H20N2O4/c1-2-10-7-13(5-6-18-10)12(17)14(8-11(15)16)9-3-4-9/h9-10H,2-8H2,1H3,(H,15,16). The molecule has 0 radical (unpaired) electrons. The summed E-state index contributed by atoms with van der Waals surface area (Å²) in [7, 11) is 0. The molecule has 6 heteroatoms. The van der Waals surface area contributed by atoms with Gasteiger partial charge in [0.25, 0.3) is 0 Å². The van der Waals surface area contributed by atoms with Crippen LogP contribution in [0, 0.1) is 0 Å². The molecular weight excluding hydrogens is 236 g/mol. The van der Waals surface area contributed by atoms with Gasteiger partial charge in [-0.2, -0.15) is 0 Å². The molecule has 0 bridgehead atoms. The van der Waals surface area contributed by atoms with E-state index in [4.69, 9.17) is 9.84 Å². The zero-order valence-electron chi connectivity index (χ0n) is 10.7. The van der Waals surface area contributed by atoms with Crippen LogP contribution in [0.1, 0.15) is 26.2 Å². The Morgan fingerprint density at radius 1 is 1.44 bits per heavy atom. The van der Waals surface area contributed by atoms with E-state index in [1.807, 2.05) is 6.92 Å². The third-order valence-corrected chi connectivity index (χ3v) is 3.40. The van der Waals surface area contributed by atoms with Gasteiger partial charge in [0.15, 0.2) is 0 Å². The molecule has 1 saturated heterocycles. The summed E-state index contributed by atoms with van der Waals surface area (Å²) in [6.45, 7) is 3.48.